The lowest BCUT2D eigenvalue weighted by molar-refractivity contribution is 0.768. The van der Waals surface area contributed by atoms with Crippen LogP contribution in [0, 0.1) is 0 Å². The standard InChI is InChI=1S/C8H8ClN5/c1-14-5-6(4-12-14)13-8-7(9)10-2-3-11-8/h2-5H,1H3,(H,11,13). The molecule has 2 rings (SSSR count). The zero-order chi connectivity index (χ0) is 9.97. The molecule has 0 saturated carbocycles. The van der Waals surface area contributed by atoms with Crippen molar-refractivity contribution in [3.63, 3.8) is 0 Å². The molecular weight excluding hydrogens is 202 g/mol. The molecule has 0 aromatic carbocycles. The van der Waals surface area contributed by atoms with E-state index in [4.69, 9.17) is 11.6 Å². The Morgan fingerprint density at radius 3 is 2.79 bits per heavy atom. The van der Waals surface area contributed by atoms with Crippen LogP contribution >= 0.6 is 11.6 Å². The molecule has 2 aromatic rings. The van der Waals surface area contributed by atoms with E-state index < -0.39 is 0 Å². The Kier molecular flexibility index (Phi) is 2.32. The van der Waals surface area contributed by atoms with Gasteiger partial charge in [-0.1, -0.05) is 11.6 Å². The van der Waals surface area contributed by atoms with Gasteiger partial charge in [0.1, 0.15) is 0 Å². The Morgan fingerprint density at radius 2 is 2.14 bits per heavy atom. The van der Waals surface area contributed by atoms with Crippen molar-refractivity contribution in [2.24, 2.45) is 7.05 Å². The van der Waals surface area contributed by atoms with Gasteiger partial charge in [-0.25, -0.2) is 9.97 Å². The first-order valence-corrected chi connectivity index (χ1v) is 4.35. The second-order valence-electron chi connectivity index (χ2n) is 2.72. The van der Waals surface area contributed by atoms with Crippen molar-refractivity contribution >= 4 is 23.1 Å². The second-order valence-corrected chi connectivity index (χ2v) is 3.08. The van der Waals surface area contributed by atoms with Gasteiger partial charge in [-0.2, -0.15) is 5.10 Å². The Labute approximate surface area is 85.8 Å². The number of nitrogens with one attached hydrogen (secondary N) is 1. The number of halogens is 1. The molecule has 0 aliphatic rings. The molecule has 0 atom stereocenters. The number of anilines is 2. The molecule has 0 saturated heterocycles. The summed E-state index contributed by atoms with van der Waals surface area (Å²) in [5.74, 6) is 0.530. The number of aromatic nitrogens is 4. The highest BCUT2D eigenvalue weighted by molar-refractivity contribution is 6.31. The summed E-state index contributed by atoms with van der Waals surface area (Å²) in [6.45, 7) is 0. The van der Waals surface area contributed by atoms with E-state index in [1.54, 1.807) is 17.1 Å². The Balaban J connectivity index is 2.23. The number of aryl methyl sites for hydroxylation is 1. The maximum absolute atomic E-state index is 5.82. The van der Waals surface area contributed by atoms with E-state index in [1.807, 2.05) is 13.2 Å². The lowest BCUT2D eigenvalue weighted by Crippen LogP contribution is -1.94. The fraction of sp³-hybridized carbons (Fsp3) is 0.125. The molecule has 5 nitrogen and oxygen atoms in total. The largest absolute Gasteiger partial charge is 0.335 e. The van der Waals surface area contributed by atoms with Crippen LogP contribution in [0.1, 0.15) is 0 Å². The summed E-state index contributed by atoms with van der Waals surface area (Å²) in [5, 5.41) is 7.35. The van der Waals surface area contributed by atoms with Crippen molar-refractivity contribution in [3.8, 4) is 0 Å². The smallest absolute Gasteiger partial charge is 0.171 e. The predicted molar refractivity (Wildman–Crippen MR) is 53.5 cm³/mol. The number of nitrogens with zero attached hydrogens (tertiary/aromatic N) is 4. The van der Waals surface area contributed by atoms with Gasteiger partial charge in [0.15, 0.2) is 11.0 Å². The van der Waals surface area contributed by atoms with Gasteiger partial charge in [-0.15, -0.1) is 0 Å². The monoisotopic (exact) mass is 209 g/mol. The van der Waals surface area contributed by atoms with E-state index in [2.05, 4.69) is 20.4 Å². The molecule has 0 fully saturated rings. The quantitative estimate of drug-likeness (QED) is 0.817. The summed E-state index contributed by atoms with van der Waals surface area (Å²) < 4.78 is 1.69. The molecule has 0 amide bonds. The van der Waals surface area contributed by atoms with Crippen molar-refractivity contribution in [1.29, 1.82) is 0 Å². The molecule has 0 aliphatic heterocycles. The van der Waals surface area contributed by atoms with Crippen LogP contribution in [0.15, 0.2) is 24.8 Å². The fourth-order valence-electron chi connectivity index (χ4n) is 1.03. The van der Waals surface area contributed by atoms with Crippen LogP contribution in [0.25, 0.3) is 0 Å². The maximum atomic E-state index is 5.82. The van der Waals surface area contributed by atoms with E-state index in [-0.39, 0.29) is 0 Å². The highest BCUT2D eigenvalue weighted by Crippen LogP contribution is 2.19. The third-order valence-electron chi connectivity index (χ3n) is 1.62. The zero-order valence-corrected chi connectivity index (χ0v) is 8.23. The van der Waals surface area contributed by atoms with Crippen LogP contribution in [-0.4, -0.2) is 19.7 Å². The average Bonchev–Trinajstić information content (AvgIpc) is 2.56. The minimum Gasteiger partial charge on any atom is -0.335 e. The molecular formula is C8H8ClN5. The van der Waals surface area contributed by atoms with Crippen LogP contribution in [0.3, 0.4) is 0 Å². The van der Waals surface area contributed by atoms with E-state index in [0.717, 1.165) is 5.69 Å². The Bertz CT molecular complexity index is 439. The second kappa shape index (κ2) is 3.63. The molecule has 0 unspecified atom stereocenters. The summed E-state index contributed by atoms with van der Waals surface area (Å²) in [4.78, 5) is 7.94. The molecule has 1 N–H and O–H groups in total. The van der Waals surface area contributed by atoms with Gasteiger partial charge in [-0.05, 0) is 0 Å². The molecule has 2 heterocycles. The van der Waals surface area contributed by atoms with Crippen LogP contribution < -0.4 is 5.32 Å². The fourth-order valence-corrected chi connectivity index (χ4v) is 1.18. The van der Waals surface area contributed by atoms with Crippen molar-refractivity contribution < 1.29 is 0 Å². The highest BCUT2D eigenvalue weighted by Gasteiger charge is 2.02. The van der Waals surface area contributed by atoms with E-state index >= 15 is 0 Å². The Morgan fingerprint density at radius 1 is 1.36 bits per heavy atom. The lowest BCUT2D eigenvalue weighted by Gasteiger charge is -2.02. The Hall–Kier alpha value is -1.62. The molecule has 0 radical (unpaired) electrons. The lowest BCUT2D eigenvalue weighted by atomic mass is 10.5. The van der Waals surface area contributed by atoms with Crippen molar-refractivity contribution in [2.45, 2.75) is 0 Å². The summed E-state index contributed by atoms with van der Waals surface area (Å²) in [5.41, 5.74) is 0.829. The van der Waals surface area contributed by atoms with E-state index in [0.29, 0.717) is 11.0 Å². The maximum Gasteiger partial charge on any atom is 0.171 e. The van der Waals surface area contributed by atoms with E-state index in [9.17, 15) is 0 Å². The minimum atomic E-state index is 0.344. The minimum absolute atomic E-state index is 0.344. The molecule has 14 heavy (non-hydrogen) atoms. The van der Waals surface area contributed by atoms with Gasteiger partial charge in [-0.3, -0.25) is 4.68 Å². The molecule has 6 heteroatoms. The normalized spacial score (nSPS) is 10.1. The van der Waals surface area contributed by atoms with Crippen LogP contribution in [0.5, 0.6) is 0 Å². The van der Waals surface area contributed by atoms with Crippen LogP contribution in [0.2, 0.25) is 5.15 Å². The van der Waals surface area contributed by atoms with Gasteiger partial charge in [0.25, 0.3) is 0 Å². The van der Waals surface area contributed by atoms with Crippen LogP contribution in [-0.2, 0) is 7.05 Å². The first-order chi connectivity index (χ1) is 6.75. The predicted octanol–water partition coefficient (Wildman–Crippen LogP) is 1.61. The third-order valence-corrected chi connectivity index (χ3v) is 1.90. The summed E-state index contributed by atoms with van der Waals surface area (Å²) >= 11 is 5.82. The van der Waals surface area contributed by atoms with Crippen molar-refractivity contribution in [3.05, 3.63) is 29.9 Å². The zero-order valence-electron chi connectivity index (χ0n) is 7.48. The summed E-state index contributed by atoms with van der Waals surface area (Å²) in [7, 11) is 1.84. The topological polar surface area (TPSA) is 55.6 Å². The van der Waals surface area contributed by atoms with Gasteiger partial charge in [0.2, 0.25) is 0 Å². The highest BCUT2D eigenvalue weighted by atomic mass is 35.5. The molecule has 2 aromatic heterocycles. The average molecular weight is 210 g/mol. The summed E-state index contributed by atoms with van der Waals surface area (Å²) in [6.07, 6.45) is 6.62. The molecule has 0 bridgehead atoms. The summed E-state index contributed by atoms with van der Waals surface area (Å²) in [6, 6.07) is 0. The SMILES string of the molecule is Cn1cc(Nc2nccnc2Cl)cn1. The number of hydrogen-bond acceptors (Lipinski definition) is 4. The van der Waals surface area contributed by atoms with E-state index in [1.165, 1.54) is 6.20 Å². The number of rotatable bonds is 2. The van der Waals surface area contributed by atoms with Gasteiger partial charge < -0.3 is 5.32 Å². The first-order valence-electron chi connectivity index (χ1n) is 3.98. The molecule has 0 spiro atoms. The van der Waals surface area contributed by atoms with Gasteiger partial charge >= 0.3 is 0 Å². The van der Waals surface area contributed by atoms with Gasteiger partial charge in [0, 0.05) is 25.6 Å². The van der Waals surface area contributed by atoms with Crippen molar-refractivity contribution in [1.82, 2.24) is 19.7 Å². The number of hydrogen-bond donors (Lipinski definition) is 1. The van der Waals surface area contributed by atoms with Crippen molar-refractivity contribution in [2.75, 3.05) is 5.32 Å². The first kappa shape index (κ1) is 8.96. The molecule has 0 aliphatic carbocycles. The van der Waals surface area contributed by atoms with Gasteiger partial charge in [0.05, 0.1) is 11.9 Å². The van der Waals surface area contributed by atoms with Crippen LogP contribution in [0.4, 0.5) is 11.5 Å². The third kappa shape index (κ3) is 1.82. The molecule has 72 valence electrons.